The molecule has 0 saturated heterocycles. The van der Waals surface area contributed by atoms with E-state index in [0.717, 1.165) is 11.0 Å². The average Bonchev–Trinajstić information content (AvgIpc) is 1.78. The normalized spacial score (nSPS) is 6.52. The summed E-state index contributed by atoms with van der Waals surface area (Å²) in [6.45, 7) is 96.0. The van der Waals surface area contributed by atoms with E-state index in [1.165, 1.54) is 32.8 Å². The third-order valence-corrected chi connectivity index (χ3v) is 8.63. The van der Waals surface area contributed by atoms with Crippen LogP contribution in [0.4, 0.5) is 0 Å². The van der Waals surface area contributed by atoms with Gasteiger partial charge in [-0.05, 0) is 95.0 Å². The highest BCUT2D eigenvalue weighted by atomic mass is 32.1. The fourth-order valence-electron chi connectivity index (χ4n) is 4.93. The SMILES string of the molecule is CC.CC.CC.CC.CC.CC.CC.CC.CC.CC.CC.CC.CC.CC.CC.CC.CC.CC.CC.CC.CC.CC.CC.CC.c1ccc2[nH]ccc2c1.c1ccc2occc2c1.c1ccc2sccc2c1.c1ccccc1.c1ccn2cccc2c1.c1ccnnc1.c1cnccn1.c1cncnc1. The lowest BCUT2D eigenvalue weighted by molar-refractivity contribution is 0.616. The first-order valence-corrected chi connectivity index (χ1v) is 43.7. The van der Waals surface area contributed by atoms with E-state index in [4.69, 9.17) is 4.42 Å². The standard InChI is InChI=1S/2C8H7N.C8H6O.C8H6S.C6H6.3C4H4N2.24C2H6/c1-2-6-9-7-3-5-8(9)4-1;3*1-2-4-8-7(3-1)5-6-9-8;1-2-4-6-5-3-1;1-2-6-4-3-5-1;1-2-5-4-6-3-1;1-2-4-6-5-3-1;24*1-2/h1-7H;1-6,9H;2*1-6H;1-6H;3*1-4H;24*1-2H3. The first-order valence-electron chi connectivity index (χ1n) is 42.9. The zero-order chi connectivity index (χ0) is 89.4. The number of aromatic nitrogens is 8. The molecule has 0 unspecified atom stereocenters. The number of rotatable bonds is 0. The minimum atomic E-state index is 0.956. The molecule has 108 heavy (non-hydrogen) atoms. The predicted octanol–water partition coefficient (Wildman–Crippen LogP) is 37.2. The summed E-state index contributed by atoms with van der Waals surface area (Å²) in [6.07, 6.45) is 22.4. The van der Waals surface area contributed by atoms with Crippen molar-refractivity contribution in [3.8, 4) is 0 Å². The van der Waals surface area contributed by atoms with Gasteiger partial charge in [0.25, 0.3) is 0 Å². The van der Waals surface area contributed by atoms with Gasteiger partial charge in [0.2, 0.25) is 0 Å². The number of furan rings is 1. The molecule has 0 fully saturated rings. The molecule has 0 aliphatic rings. The largest absolute Gasteiger partial charge is 0.464 e. The molecule has 632 valence electrons. The molecule has 12 aromatic rings. The van der Waals surface area contributed by atoms with E-state index in [9.17, 15) is 0 Å². The van der Waals surface area contributed by atoms with Crippen LogP contribution < -0.4 is 0 Å². The van der Waals surface area contributed by atoms with Crippen molar-refractivity contribution >= 4 is 48.8 Å². The second-order valence-electron chi connectivity index (χ2n) is 11.9. The van der Waals surface area contributed by atoms with E-state index >= 15 is 0 Å². The Balaban J connectivity index is -0.0000000423. The summed E-state index contributed by atoms with van der Waals surface area (Å²) in [5.41, 5.74) is 3.41. The summed E-state index contributed by atoms with van der Waals surface area (Å²) in [6, 6.07) is 58.4. The van der Waals surface area contributed by atoms with Crippen molar-refractivity contribution < 1.29 is 4.42 Å². The molecule has 0 aliphatic heterocycles. The number of hydrogen-bond acceptors (Lipinski definition) is 8. The number of thiophene rings is 1. The van der Waals surface area contributed by atoms with Gasteiger partial charge in [-0.3, -0.25) is 9.97 Å². The quantitative estimate of drug-likeness (QED) is 0.161. The monoisotopic (exact) mass is 1530 g/mol. The van der Waals surface area contributed by atoms with Crippen LogP contribution in [0, 0.1) is 0 Å². The maximum Gasteiger partial charge on any atom is 0.133 e. The van der Waals surface area contributed by atoms with Crippen molar-refractivity contribution in [3.05, 3.63) is 262 Å². The van der Waals surface area contributed by atoms with Crippen molar-refractivity contribution in [2.75, 3.05) is 0 Å². The summed E-state index contributed by atoms with van der Waals surface area (Å²) in [5, 5.41) is 13.0. The number of hydrogen-bond donors (Lipinski definition) is 1. The number of nitrogens with one attached hydrogen (secondary N) is 1. The Morgan fingerprint density at radius 2 is 0.593 bits per heavy atom. The van der Waals surface area contributed by atoms with Gasteiger partial charge in [0.05, 0.1) is 6.26 Å². The van der Waals surface area contributed by atoms with Crippen LogP contribution in [0.25, 0.3) is 37.5 Å². The lowest BCUT2D eigenvalue weighted by Gasteiger charge is -1.88. The fourth-order valence-corrected chi connectivity index (χ4v) is 5.72. The highest BCUT2D eigenvalue weighted by Crippen LogP contribution is 2.19. The molecule has 0 bridgehead atoms. The Bertz CT molecular complexity index is 2190. The number of aromatic amines is 1. The van der Waals surface area contributed by atoms with E-state index in [0.29, 0.717) is 0 Å². The Morgan fingerprint density at radius 3 is 0.907 bits per heavy atom. The van der Waals surface area contributed by atoms with Crippen molar-refractivity contribution in [1.82, 2.24) is 39.5 Å². The smallest absolute Gasteiger partial charge is 0.133 e. The van der Waals surface area contributed by atoms with E-state index in [1.807, 2.05) is 460 Å². The molecule has 8 aromatic heterocycles. The van der Waals surface area contributed by atoms with Crippen LogP contribution in [0.1, 0.15) is 332 Å². The Morgan fingerprint density at radius 1 is 0.259 bits per heavy atom. The van der Waals surface area contributed by atoms with Crippen molar-refractivity contribution in [2.45, 2.75) is 332 Å². The highest BCUT2D eigenvalue weighted by molar-refractivity contribution is 7.17. The van der Waals surface area contributed by atoms with E-state index in [1.54, 1.807) is 73.2 Å². The molecule has 4 aromatic carbocycles. The minimum absolute atomic E-state index is 0.956. The molecule has 9 nitrogen and oxygen atoms in total. The van der Waals surface area contributed by atoms with Crippen LogP contribution in [0.15, 0.2) is 266 Å². The van der Waals surface area contributed by atoms with Gasteiger partial charge in [-0.15, -0.1) is 11.3 Å². The molecule has 12 rings (SSSR count). The van der Waals surface area contributed by atoms with Crippen molar-refractivity contribution in [3.63, 3.8) is 0 Å². The second kappa shape index (κ2) is 206. The van der Waals surface area contributed by atoms with Gasteiger partial charge in [0.15, 0.2) is 0 Å². The van der Waals surface area contributed by atoms with E-state index in [2.05, 4.69) is 106 Å². The summed E-state index contributed by atoms with van der Waals surface area (Å²) < 4.78 is 8.57. The molecule has 0 saturated carbocycles. The molecule has 0 radical (unpaired) electrons. The van der Waals surface area contributed by atoms with Crippen LogP contribution in [0.3, 0.4) is 0 Å². The molecular weight excluding hydrogens is 1340 g/mol. The molecule has 0 spiro atoms. The van der Waals surface area contributed by atoms with Crippen LogP contribution in [-0.4, -0.2) is 39.5 Å². The summed E-state index contributed by atoms with van der Waals surface area (Å²) in [7, 11) is 0. The first kappa shape index (κ1) is 153. The minimum Gasteiger partial charge on any atom is -0.464 e. The van der Waals surface area contributed by atoms with Crippen LogP contribution >= 0.6 is 11.3 Å². The molecular formula is C98H188N8OS. The van der Waals surface area contributed by atoms with E-state index in [-0.39, 0.29) is 0 Å². The number of fused-ring (bicyclic) bond motifs is 4. The van der Waals surface area contributed by atoms with Gasteiger partial charge in [-0.1, -0.05) is 429 Å². The Kier molecular flexibility index (Phi) is 291. The highest BCUT2D eigenvalue weighted by Gasteiger charge is 1.90. The first-order chi connectivity index (χ1) is 53.9. The second-order valence-corrected chi connectivity index (χ2v) is 12.8. The number of pyridine rings is 1. The Hall–Kier alpha value is -8.08. The van der Waals surface area contributed by atoms with Gasteiger partial charge >= 0.3 is 0 Å². The van der Waals surface area contributed by atoms with Crippen molar-refractivity contribution in [1.29, 1.82) is 0 Å². The maximum atomic E-state index is 5.12. The summed E-state index contributed by atoms with van der Waals surface area (Å²) >= 11 is 1.79. The van der Waals surface area contributed by atoms with Crippen molar-refractivity contribution in [2.24, 2.45) is 0 Å². The molecule has 1 N–H and O–H groups in total. The predicted molar refractivity (Wildman–Crippen MR) is 519 cm³/mol. The lowest BCUT2D eigenvalue weighted by Crippen LogP contribution is -1.75. The van der Waals surface area contributed by atoms with Crippen LogP contribution in [-0.2, 0) is 0 Å². The summed E-state index contributed by atoms with van der Waals surface area (Å²) in [4.78, 5) is 17.9. The van der Waals surface area contributed by atoms with Gasteiger partial charge in [0, 0.05) is 89.3 Å². The van der Waals surface area contributed by atoms with E-state index < -0.39 is 0 Å². The lowest BCUT2D eigenvalue weighted by atomic mass is 10.3. The number of H-pyrrole nitrogens is 1. The molecule has 0 atom stereocenters. The Labute approximate surface area is 683 Å². The average molecular weight is 1530 g/mol. The van der Waals surface area contributed by atoms with Gasteiger partial charge in [-0.2, -0.15) is 10.2 Å². The number of benzene rings is 4. The molecule has 8 heterocycles. The van der Waals surface area contributed by atoms with Gasteiger partial charge < -0.3 is 13.8 Å². The topological polar surface area (TPSA) is 111 Å². The maximum absolute atomic E-state index is 5.12. The van der Waals surface area contributed by atoms with Gasteiger partial charge in [-0.25, -0.2) is 9.97 Å². The molecule has 0 amide bonds. The number of para-hydroxylation sites is 2. The third-order valence-electron chi connectivity index (χ3n) is 7.73. The molecule has 10 heteroatoms. The fraction of sp³-hybridized carbons (Fsp3) is 0.490. The van der Waals surface area contributed by atoms with Crippen LogP contribution in [0.2, 0.25) is 0 Å². The van der Waals surface area contributed by atoms with Crippen LogP contribution in [0.5, 0.6) is 0 Å². The molecule has 0 aliphatic carbocycles. The zero-order valence-corrected chi connectivity index (χ0v) is 81.6. The third kappa shape index (κ3) is 131. The summed E-state index contributed by atoms with van der Waals surface area (Å²) in [5.74, 6) is 0. The van der Waals surface area contributed by atoms with Gasteiger partial charge in [0.1, 0.15) is 11.9 Å². The zero-order valence-electron chi connectivity index (χ0n) is 80.8. The number of nitrogens with zero attached hydrogens (tertiary/aromatic N) is 7.